The smallest absolute Gasteiger partial charge is 1.00 e. The Kier molecular flexibility index (Phi) is 21.0. The van der Waals surface area contributed by atoms with E-state index < -0.39 is 0 Å². The molecule has 0 bridgehead atoms. The quantitative estimate of drug-likeness (QED) is 0.482. The predicted octanol–water partition coefficient (Wildman–Crippen LogP) is -0.834. The molecule has 0 saturated carbocycles. The van der Waals surface area contributed by atoms with Crippen molar-refractivity contribution in [2.45, 2.75) is 34.6 Å². The van der Waals surface area contributed by atoms with Crippen LogP contribution in [-0.4, -0.2) is 24.4 Å². The first-order valence-electron chi connectivity index (χ1n) is 4.64. The second-order valence-electron chi connectivity index (χ2n) is 3.12. The standard InChI is InChI=1S/C10H15.2CH4O.ClH.Ti/c1-6-7(2)9(4)10(5)8(6)3;2*1-2;;/h1-5H3;2*2H,1H3;1H;/q-1;;;;+2/p-1. The fourth-order valence-electron chi connectivity index (χ4n) is 1.41. The van der Waals surface area contributed by atoms with E-state index in [0.29, 0.717) is 0 Å². The molecule has 0 aromatic heterocycles. The number of rotatable bonds is 0. The molecule has 16 heavy (non-hydrogen) atoms. The molecule has 0 fully saturated rings. The normalized spacial score (nSPS) is 7.31. The van der Waals surface area contributed by atoms with Crippen molar-refractivity contribution in [2.75, 3.05) is 14.2 Å². The Morgan fingerprint density at radius 2 is 0.938 bits per heavy atom. The van der Waals surface area contributed by atoms with Crippen molar-refractivity contribution in [3.05, 3.63) is 27.8 Å². The maximum Gasteiger partial charge on any atom is 2.00 e. The van der Waals surface area contributed by atoms with E-state index in [-0.39, 0.29) is 34.1 Å². The monoisotopic (exact) mass is 282 g/mol. The first-order valence-corrected chi connectivity index (χ1v) is 4.64. The van der Waals surface area contributed by atoms with Crippen LogP contribution in [0.5, 0.6) is 0 Å². The predicted molar refractivity (Wildman–Crippen MR) is 62.0 cm³/mol. The van der Waals surface area contributed by atoms with Crippen LogP contribution in [0.25, 0.3) is 0 Å². The second kappa shape index (κ2) is 13.3. The zero-order chi connectivity index (χ0) is 11.9. The van der Waals surface area contributed by atoms with Gasteiger partial charge in [-0.15, -0.1) is 0 Å². The van der Waals surface area contributed by atoms with E-state index in [4.69, 9.17) is 10.2 Å². The molecule has 0 aliphatic carbocycles. The minimum absolute atomic E-state index is 0. The van der Waals surface area contributed by atoms with Crippen LogP contribution in [0.1, 0.15) is 27.8 Å². The van der Waals surface area contributed by atoms with Crippen molar-refractivity contribution in [3.63, 3.8) is 0 Å². The van der Waals surface area contributed by atoms with Gasteiger partial charge >= 0.3 is 21.7 Å². The molecule has 1 rings (SSSR count). The van der Waals surface area contributed by atoms with Crippen LogP contribution in [0, 0.1) is 34.6 Å². The van der Waals surface area contributed by atoms with Crippen LogP contribution in [0.2, 0.25) is 0 Å². The fourth-order valence-corrected chi connectivity index (χ4v) is 1.41. The van der Waals surface area contributed by atoms with Gasteiger partial charge in [0.2, 0.25) is 0 Å². The minimum atomic E-state index is 0. The Balaban J connectivity index is -0.000000109. The zero-order valence-corrected chi connectivity index (χ0v) is 13.6. The molecule has 0 unspecified atom stereocenters. The Morgan fingerprint density at radius 3 is 1.00 bits per heavy atom. The molecule has 0 radical (unpaired) electrons. The van der Waals surface area contributed by atoms with E-state index in [1.807, 2.05) is 0 Å². The summed E-state index contributed by atoms with van der Waals surface area (Å²) in [5.41, 5.74) is 7.34. The zero-order valence-electron chi connectivity index (χ0n) is 11.3. The van der Waals surface area contributed by atoms with Crippen LogP contribution in [0.15, 0.2) is 0 Å². The Labute approximate surface area is 121 Å². The van der Waals surface area contributed by atoms with Gasteiger partial charge in [0.15, 0.2) is 0 Å². The number of aliphatic hydroxyl groups is 2. The van der Waals surface area contributed by atoms with E-state index in [1.165, 1.54) is 27.8 Å². The number of aliphatic hydroxyl groups excluding tert-OH is 2. The van der Waals surface area contributed by atoms with E-state index in [9.17, 15) is 0 Å². The maximum atomic E-state index is 7.00. The summed E-state index contributed by atoms with van der Waals surface area (Å²) in [5.74, 6) is 0. The van der Waals surface area contributed by atoms with Gasteiger partial charge in [0.1, 0.15) is 0 Å². The molecule has 4 heteroatoms. The SMILES string of the molecule is CO.CO.Cc1c(C)c(C)[c-](C)c1C.[Cl-].[Ti+2]. The van der Waals surface area contributed by atoms with Gasteiger partial charge < -0.3 is 22.6 Å². The van der Waals surface area contributed by atoms with Crippen LogP contribution < -0.4 is 12.4 Å². The summed E-state index contributed by atoms with van der Waals surface area (Å²) < 4.78 is 0. The van der Waals surface area contributed by atoms with Crippen molar-refractivity contribution < 1.29 is 44.3 Å². The van der Waals surface area contributed by atoms with E-state index in [0.717, 1.165) is 14.2 Å². The molecule has 0 amide bonds. The number of hydrogen-bond donors (Lipinski definition) is 2. The molecular formula is C12H23ClO2Ti. The van der Waals surface area contributed by atoms with Crippen molar-refractivity contribution in [1.82, 2.24) is 0 Å². The van der Waals surface area contributed by atoms with E-state index in [1.54, 1.807) is 0 Å². The molecule has 0 heterocycles. The van der Waals surface area contributed by atoms with Crippen molar-refractivity contribution >= 4 is 0 Å². The third kappa shape index (κ3) is 6.12. The maximum absolute atomic E-state index is 7.00. The summed E-state index contributed by atoms with van der Waals surface area (Å²) in [6, 6.07) is 0. The van der Waals surface area contributed by atoms with E-state index >= 15 is 0 Å². The third-order valence-corrected chi connectivity index (χ3v) is 2.81. The Morgan fingerprint density at radius 1 is 0.750 bits per heavy atom. The molecule has 1 aromatic carbocycles. The summed E-state index contributed by atoms with van der Waals surface area (Å²) in [6.45, 7) is 11.0. The summed E-state index contributed by atoms with van der Waals surface area (Å²) in [7, 11) is 2.00. The van der Waals surface area contributed by atoms with Gasteiger partial charge in [-0.25, -0.2) is 0 Å². The Bertz CT molecular complexity index is 190. The summed E-state index contributed by atoms with van der Waals surface area (Å²) in [4.78, 5) is 0. The average molecular weight is 283 g/mol. The first-order chi connectivity index (χ1) is 6.55. The van der Waals surface area contributed by atoms with Gasteiger partial charge in [0, 0.05) is 14.2 Å². The fraction of sp³-hybridized carbons (Fsp3) is 0.583. The van der Waals surface area contributed by atoms with Crippen LogP contribution in [0.3, 0.4) is 0 Å². The molecule has 0 atom stereocenters. The van der Waals surface area contributed by atoms with Gasteiger partial charge in [-0.2, -0.15) is 27.8 Å². The molecule has 0 saturated heterocycles. The second-order valence-corrected chi connectivity index (χ2v) is 3.12. The third-order valence-electron chi connectivity index (χ3n) is 2.81. The molecule has 0 aliphatic rings. The average Bonchev–Trinajstić information content (AvgIpc) is 2.42. The molecule has 0 spiro atoms. The topological polar surface area (TPSA) is 40.5 Å². The van der Waals surface area contributed by atoms with Gasteiger partial charge in [0.25, 0.3) is 0 Å². The van der Waals surface area contributed by atoms with Crippen LogP contribution >= 0.6 is 0 Å². The molecular weight excluding hydrogens is 259 g/mol. The summed E-state index contributed by atoms with van der Waals surface area (Å²) in [6.07, 6.45) is 0. The minimum Gasteiger partial charge on any atom is -1.00 e. The first kappa shape index (κ1) is 25.2. The van der Waals surface area contributed by atoms with Crippen LogP contribution in [-0.2, 0) is 21.7 Å². The largest absolute Gasteiger partial charge is 2.00 e. The molecule has 2 nitrogen and oxygen atoms in total. The van der Waals surface area contributed by atoms with Gasteiger partial charge in [0.05, 0.1) is 0 Å². The summed E-state index contributed by atoms with van der Waals surface area (Å²) >= 11 is 0. The van der Waals surface area contributed by atoms with Crippen molar-refractivity contribution in [1.29, 1.82) is 0 Å². The van der Waals surface area contributed by atoms with Crippen molar-refractivity contribution in [2.24, 2.45) is 0 Å². The molecule has 0 aliphatic heterocycles. The van der Waals surface area contributed by atoms with Crippen LogP contribution in [0.4, 0.5) is 0 Å². The van der Waals surface area contributed by atoms with Gasteiger partial charge in [-0.3, -0.25) is 0 Å². The summed E-state index contributed by atoms with van der Waals surface area (Å²) in [5, 5.41) is 14.0. The number of hydrogen-bond acceptors (Lipinski definition) is 2. The number of halogens is 1. The van der Waals surface area contributed by atoms with E-state index in [2.05, 4.69) is 34.6 Å². The van der Waals surface area contributed by atoms with Gasteiger partial charge in [-0.05, 0) is 0 Å². The molecule has 2 N–H and O–H groups in total. The Hall–Kier alpha value is 0.274. The molecule has 94 valence electrons. The molecule has 1 aromatic rings. The van der Waals surface area contributed by atoms with Crippen molar-refractivity contribution in [3.8, 4) is 0 Å². The van der Waals surface area contributed by atoms with Gasteiger partial charge in [-0.1, -0.05) is 34.6 Å².